The van der Waals surface area contributed by atoms with Crippen molar-refractivity contribution in [2.75, 3.05) is 6.66 Å². The maximum Gasteiger partial charge on any atom is 0.330 e. The average Bonchev–Trinajstić information content (AvgIpc) is 3.85. The van der Waals surface area contributed by atoms with Crippen LogP contribution in [0.1, 0.15) is 203 Å². The molecule has 0 amide bonds. The summed E-state index contributed by atoms with van der Waals surface area (Å²) in [6, 6.07) is 27.0. The van der Waals surface area contributed by atoms with Gasteiger partial charge in [-0.3, -0.25) is 18.3 Å². The van der Waals surface area contributed by atoms with Gasteiger partial charge in [0.1, 0.15) is 12.3 Å². The van der Waals surface area contributed by atoms with Crippen LogP contribution < -0.4 is 11.2 Å². The average molecular weight is 876 g/mol. The Balaban J connectivity index is 1.87. The Morgan fingerprint density at radius 2 is 0.531 bits per heavy atom. The number of hydrogen-bond acceptors (Lipinski definition) is 2. The standard InChI is InChI=1S/C57H76N6P/c1-19-64(18,58-56-60(52-44(36(2)3)24-20-25-45(52)37(4)5)32-33-61(56)53-46(38(6)7)26-21-27-47(53)39(8)9)59-57-62(54-48(40(10)11)28-22-29-49(54)41(12)13)34-35-63(57)55-50(42(14)15)30-23-31-51(55)43(16)17/h1,20-43H,2-18H3/q+1. The summed E-state index contributed by atoms with van der Waals surface area (Å²) in [6.45, 7) is 38.6. The summed E-state index contributed by atoms with van der Waals surface area (Å²) in [7, 11) is -3.03. The number of terminal acetylenes is 1. The third kappa shape index (κ3) is 9.35. The Morgan fingerprint density at radius 3 is 0.672 bits per heavy atom. The quantitative estimate of drug-likeness (QED) is 0.0773. The number of para-hydroxylation sites is 4. The van der Waals surface area contributed by atoms with Gasteiger partial charge < -0.3 is 0 Å². The molecule has 0 saturated heterocycles. The predicted molar refractivity (Wildman–Crippen MR) is 276 cm³/mol. The Labute approximate surface area is 386 Å². The first-order chi connectivity index (χ1) is 30.2. The first-order valence-corrected chi connectivity index (χ1v) is 26.0. The van der Waals surface area contributed by atoms with Crippen LogP contribution in [0, 0.1) is 12.1 Å². The van der Waals surface area contributed by atoms with Crippen LogP contribution in [0.15, 0.2) is 107 Å². The van der Waals surface area contributed by atoms with Gasteiger partial charge in [0.15, 0.2) is 0 Å². The van der Waals surface area contributed by atoms with Crippen LogP contribution in [0.2, 0.25) is 0 Å². The molecule has 338 valence electrons. The minimum atomic E-state index is -3.03. The van der Waals surface area contributed by atoms with Crippen LogP contribution in [0.25, 0.3) is 22.7 Å². The van der Waals surface area contributed by atoms with Gasteiger partial charge in [-0.25, -0.2) is 0 Å². The maximum absolute atomic E-state index is 6.90. The van der Waals surface area contributed by atoms with E-state index >= 15 is 0 Å². The largest absolute Gasteiger partial charge is 0.330 e. The van der Waals surface area contributed by atoms with Crippen LogP contribution in [-0.4, -0.2) is 24.9 Å². The molecule has 0 N–H and O–H groups in total. The Kier molecular flexibility index (Phi) is 14.8. The van der Waals surface area contributed by atoms with E-state index in [2.05, 4.69) is 239 Å². The van der Waals surface area contributed by atoms with Crippen molar-refractivity contribution in [2.24, 2.45) is 9.53 Å². The van der Waals surface area contributed by atoms with Gasteiger partial charge in [-0.05, 0) is 101 Å². The zero-order valence-corrected chi connectivity index (χ0v) is 43.0. The molecule has 6 aromatic rings. The van der Waals surface area contributed by atoms with E-state index in [-0.39, 0.29) is 47.3 Å². The zero-order valence-electron chi connectivity index (χ0n) is 42.1. The lowest BCUT2D eigenvalue weighted by Gasteiger charge is -2.23. The van der Waals surface area contributed by atoms with Crippen molar-refractivity contribution in [3.63, 3.8) is 0 Å². The van der Waals surface area contributed by atoms with E-state index in [0.29, 0.717) is 0 Å². The van der Waals surface area contributed by atoms with Crippen LogP contribution >= 0.6 is 7.56 Å². The molecule has 6 rings (SSSR count). The van der Waals surface area contributed by atoms with Crippen molar-refractivity contribution in [2.45, 2.75) is 158 Å². The normalized spacial score (nSPS) is 12.3. The van der Waals surface area contributed by atoms with E-state index in [9.17, 15) is 0 Å². The first kappa shape index (κ1) is 48.3. The summed E-state index contributed by atoms with van der Waals surface area (Å²) >= 11 is 0. The molecule has 0 atom stereocenters. The Bertz CT molecular complexity index is 2330. The van der Waals surface area contributed by atoms with Crippen molar-refractivity contribution in [3.05, 3.63) is 153 Å². The number of rotatable bonds is 14. The van der Waals surface area contributed by atoms with Crippen LogP contribution in [0.3, 0.4) is 0 Å². The lowest BCUT2D eigenvalue weighted by atomic mass is 9.92. The Hall–Kier alpha value is -5.11. The highest BCUT2D eigenvalue weighted by Gasteiger charge is 2.34. The summed E-state index contributed by atoms with van der Waals surface area (Å²) in [5, 5.41) is 0. The summed E-state index contributed by atoms with van der Waals surface area (Å²) < 4.78 is 21.1. The topological polar surface area (TPSA) is 44.4 Å². The van der Waals surface area contributed by atoms with Gasteiger partial charge in [0.2, 0.25) is 0 Å². The van der Waals surface area contributed by atoms with Gasteiger partial charge in [-0.15, -0.1) is 0 Å². The van der Waals surface area contributed by atoms with Gasteiger partial charge >= 0.3 is 7.56 Å². The summed E-state index contributed by atoms with van der Waals surface area (Å²) in [4.78, 5) is 0. The third-order valence-electron chi connectivity index (χ3n) is 12.7. The highest BCUT2D eigenvalue weighted by molar-refractivity contribution is 7.77. The van der Waals surface area contributed by atoms with E-state index in [1.807, 2.05) is 0 Å². The molecule has 0 aliphatic carbocycles. The molecule has 0 radical (unpaired) electrons. The summed E-state index contributed by atoms with van der Waals surface area (Å²) in [5.41, 5.74) is 19.7. The van der Waals surface area contributed by atoms with Gasteiger partial charge in [-0.2, -0.15) is 0 Å². The van der Waals surface area contributed by atoms with Crippen molar-refractivity contribution < 1.29 is 0 Å². The van der Waals surface area contributed by atoms with Crippen LogP contribution in [0.4, 0.5) is 0 Å². The first-order valence-electron chi connectivity index (χ1n) is 23.8. The fourth-order valence-corrected chi connectivity index (χ4v) is 10.5. The molecule has 0 aliphatic rings. The molecule has 7 heteroatoms. The number of hydrogen-bond donors (Lipinski definition) is 0. The molecular formula is C57H76N6P+. The molecule has 4 aromatic carbocycles. The molecule has 0 fully saturated rings. The Morgan fingerprint density at radius 1 is 0.359 bits per heavy atom. The lowest BCUT2D eigenvalue weighted by Crippen LogP contribution is -2.29. The van der Waals surface area contributed by atoms with Crippen molar-refractivity contribution in [1.82, 2.24) is 18.3 Å². The number of imidazole rings is 2. The molecule has 2 heterocycles. The fraction of sp³-hybridized carbons (Fsp3) is 0.439. The minimum Gasteiger partial charge on any atom is -0.282 e. The molecule has 0 saturated carbocycles. The highest BCUT2D eigenvalue weighted by Crippen LogP contribution is 2.56. The van der Waals surface area contributed by atoms with Crippen molar-refractivity contribution >= 4 is 7.56 Å². The van der Waals surface area contributed by atoms with Crippen LogP contribution in [-0.2, 0) is 0 Å². The third-order valence-corrected chi connectivity index (χ3v) is 14.4. The minimum absolute atomic E-state index is 0.277. The molecule has 64 heavy (non-hydrogen) atoms. The molecule has 0 unspecified atom stereocenters. The van der Waals surface area contributed by atoms with E-state index in [1.165, 1.54) is 67.3 Å². The van der Waals surface area contributed by atoms with Gasteiger partial charge in [0.25, 0.3) is 11.2 Å². The second-order valence-electron chi connectivity index (χ2n) is 20.3. The molecule has 6 nitrogen and oxygen atoms in total. The van der Waals surface area contributed by atoms with Gasteiger partial charge in [0.05, 0.1) is 22.7 Å². The van der Waals surface area contributed by atoms with E-state index in [0.717, 1.165) is 11.2 Å². The van der Waals surface area contributed by atoms with Gasteiger partial charge in [-0.1, -0.05) is 190 Å². The van der Waals surface area contributed by atoms with Gasteiger partial charge in [0, 0.05) is 24.8 Å². The molecule has 2 aromatic heterocycles. The van der Waals surface area contributed by atoms with Crippen LogP contribution in [0.5, 0.6) is 0 Å². The lowest BCUT2D eigenvalue weighted by molar-refractivity contribution is 0.762. The van der Waals surface area contributed by atoms with Crippen molar-refractivity contribution in [3.8, 4) is 34.8 Å². The smallest absolute Gasteiger partial charge is 0.282 e. The maximum atomic E-state index is 6.90. The van der Waals surface area contributed by atoms with E-state index < -0.39 is 7.56 Å². The van der Waals surface area contributed by atoms with E-state index in [4.69, 9.17) is 15.9 Å². The SMILES string of the molecule is C#C[P+](C)(N=c1n(-c2c(C(C)C)cccc2C(C)C)ccn1-c1c(C(C)C)cccc1C(C)C)N=c1n(-c2c(C(C)C)cccc2C(C)C)ccn1-c1c(C(C)C)cccc1C(C)C. The number of benzene rings is 4. The fourth-order valence-electron chi connectivity index (χ4n) is 9.24. The summed E-state index contributed by atoms with van der Waals surface area (Å²) in [6.07, 6.45) is 15.7. The highest BCUT2D eigenvalue weighted by atomic mass is 31.2. The second kappa shape index (κ2) is 19.6. The molecular weight excluding hydrogens is 800 g/mol. The monoisotopic (exact) mass is 876 g/mol. The number of nitrogens with zero attached hydrogens (tertiary/aromatic N) is 6. The second-order valence-corrected chi connectivity index (χ2v) is 22.8. The summed E-state index contributed by atoms with van der Waals surface area (Å²) in [5.74, 6) is 2.22. The molecule has 0 spiro atoms. The van der Waals surface area contributed by atoms with E-state index in [1.54, 1.807) is 0 Å². The predicted octanol–water partition coefficient (Wildman–Crippen LogP) is 15.4. The zero-order chi connectivity index (χ0) is 46.9. The molecule has 0 bridgehead atoms. The molecule has 0 aliphatic heterocycles. The number of aromatic nitrogens is 4. The van der Waals surface area contributed by atoms with Crippen molar-refractivity contribution in [1.29, 1.82) is 0 Å².